The minimum Gasteiger partial charge on any atom is -0.423 e. The lowest BCUT2D eigenvalue weighted by Crippen LogP contribution is -2.46. The molecule has 4 rings (SSSR count). The molecule has 134 valence electrons. The van der Waals surface area contributed by atoms with Crippen LogP contribution in [-0.2, 0) is 13.0 Å². The maximum absolute atomic E-state index is 12.0. The van der Waals surface area contributed by atoms with Crippen molar-refractivity contribution in [2.24, 2.45) is 0 Å². The third-order valence-corrected chi connectivity index (χ3v) is 4.94. The summed E-state index contributed by atoms with van der Waals surface area (Å²) in [5.41, 5.74) is 2.62. The maximum Gasteiger partial charge on any atom is 0.336 e. The second-order valence-electron chi connectivity index (χ2n) is 6.60. The van der Waals surface area contributed by atoms with Crippen LogP contribution in [-0.4, -0.2) is 41.0 Å². The van der Waals surface area contributed by atoms with Gasteiger partial charge in [-0.25, -0.2) is 9.78 Å². The number of hydrogen-bond donors (Lipinski definition) is 0. The van der Waals surface area contributed by atoms with Gasteiger partial charge < -0.3 is 9.32 Å². The summed E-state index contributed by atoms with van der Waals surface area (Å²) < 4.78 is 5.41. The Kier molecular flexibility index (Phi) is 4.67. The molecule has 1 aromatic carbocycles. The fourth-order valence-electron chi connectivity index (χ4n) is 3.46. The van der Waals surface area contributed by atoms with Crippen molar-refractivity contribution in [2.45, 2.75) is 19.9 Å². The molecule has 1 aliphatic heterocycles. The summed E-state index contributed by atoms with van der Waals surface area (Å²) in [7, 11) is 0. The fourth-order valence-corrected chi connectivity index (χ4v) is 3.46. The largest absolute Gasteiger partial charge is 0.423 e. The lowest BCUT2D eigenvalue weighted by Gasteiger charge is -2.35. The van der Waals surface area contributed by atoms with E-state index in [2.05, 4.69) is 38.8 Å². The van der Waals surface area contributed by atoms with Gasteiger partial charge in [-0.1, -0.05) is 19.1 Å². The Morgan fingerprint density at radius 3 is 2.69 bits per heavy atom. The van der Waals surface area contributed by atoms with Crippen LogP contribution in [0, 0.1) is 0 Å². The molecule has 0 aliphatic carbocycles. The van der Waals surface area contributed by atoms with Crippen LogP contribution in [0.15, 0.2) is 52.1 Å². The van der Waals surface area contributed by atoms with Gasteiger partial charge in [0.25, 0.3) is 0 Å². The molecule has 0 atom stereocenters. The van der Waals surface area contributed by atoms with Gasteiger partial charge in [0.1, 0.15) is 11.4 Å². The van der Waals surface area contributed by atoms with Gasteiger partial charge in [-0.3, -0.25) is 9.88 Å². The Hall–Kier alpha value is -2.73. The van der Waals surface area contributed by atoms with Crippen LogP contribution in [0.1, 0.15) is 18.1 Å². The molecule has 0 amide bonds. The molecule has 0 saturated carbocycles. The molecular formula is C20H22N4O2. The molecule has 0 bridgehead atoms. The van der Waals surface area contributed by atoms with Gasteiger partial charge in [-0.2, -0.15) is 0 Å². The first-order valence-corrected chi connectivity index (χ1v) is 9.02. The predicted molar refractivity (Wildman–Crippen MR) is 101 cm³/mol. The number of piperazine rings is 1. The smallest absolute Gasteiger partial charge is 0.336 e. The van der Waals surface area contributed by atoms with Crippen molar-refractivity contribution in [1.29, 1.82) is 0 Å². The molecule has 6 heteroatoms. The molecule has 0 radical (unpaired) electrons. The van der Waals surface area contributed by atoms with E-state index in [1.807, 2.05) is 6.07 Å². The molecule has 0 spiro atoms. The van der Waals surface area contributed by atoms with E-state index in [1.165, 1.54) is 5.56 Å². The highest BCUT2D eigenvalue weighted by Gasteiger charge is 2.19. The monoisotopic (exact) mass is 350 g/mol. The van der Waals surface area contributed by atoms with Gasteiger partial charge in [-0.15, -0.1) is 0 Å². The van der Waals surface area contributed by atoms with Crippen molar-refractivity contribution in [3.8, 4) is 0 Å². The maximum atomic E-state index is 12.0. The average Bonchev–Trinajstić information content (AvgIpc) is 2.68. The zero-order valence-corrected chi connectivity index (χ0v) is 14.9. The molecule has 1 aliphatic rings. The van der Waals surface area contributed by atoms with Crippen molar-refractivity contribution in [1.82, 2.24) is 14.9 Å². The Bertz CT molecular complexity index is 947. The van der Waals surface area contributed by atoms with Crippen molar-refractivity contribution in [3.05, 3.63) is 64.4 Å². The van der Waals surface area contributed by atoms with E-state index in [1.54, 1.807) is 24.7 Å². The quantitative estimate of drug-likeness (QED) is 0.674. The summed E-state index contributed by atoms with van der Waals surface area (Å²) >= 11 is 0. The number of hydrogen-bond acceptors (Lipinski definition) is 6. The van der Waals surface area contributed by atoms with E-state index in [4.69, 9.17) is 4.42 Å². The van der Waals surface area contributed by atoms with E-state index in [0.717, 1.165) is 55.9 Å². The Balaban J connectivity index is 1.51. The van der Waals surface area contributed by atoms with Crippen LogP contribution in [0.25, 0.3) is 11.0 Å². The second kappa shape index (κ2) is 7.25. The molecule has 1 saturated heterocycles. The molecule has 26 heavy (non-hydrogen) atoms. The van der Waals surface area contributed by atoms with Gasteiger partial charge in [0.15, 0.2) is 0 Å². The number of aryl methyl sites for hydroxylation is 1. The van der Waals surface area contributed by atoms with E-state index in [0.29, 0.717) is 5.58 Å². The van der Waals surface area contributed by atoms with E-state index in [9.17, 15) is 4.79 Å². The summed E-state index contributed by atoms with van der Waals surface area (Å²) in [6, 6.07) is 7.79. The fraction of sp³-hybridized carbons (Fsp3) is 0.350. The second-order valence-corrected chi connectivity index (χ2v) is 6.60. The molecule has 0 unspecified atom stereocenters. The Morgan fingerprint density at radius 1 is 1.12 bits per heavy atom. The predicted octanol–water partition coefficient (Wildman–Crippen LogP) is 2.47. The minimum atomic E-state index is -0.279. The van der Waals surface area contributed by atoms with Crippen LogP contribution >= 0.6 is 0 Å². The summed E-state index contributed by atoms with van der Waals surface area (Å²) in [6.07, 6.45) is 6.14. The molecule has 3 heterocycles. The van der Waals surface area contributed by atoms with Crippen molar-refractivity contribution < 1.29 is 4.42 Å². The molecule has 1 fully saturated rings. The number of rotatable bonds is 4. The number of aromatic nitrogens is 2. The summed E-state index contributed by atoms with van der Waals surface area (Å²) in [5, 5.41) is 1.03. The number of nitrogens with zero attached hydrogens (tertiary/aromatic N) is 4. The van der Waals surface area contributed by atoms with Gasteiger partial charge in [-0.05, 0) is 23.6 Å². The molecule has 2 aromatic heterocycles. The highest BCUT2D eigenvalue weighted by atomic mass is 16.4. The third kappa shape index (κ3) is 3.46. The SMILES string of the molecule is CCc1ccc2c(CN3CCN(c4cnccn4)CC3)cc(=O)oc2c1. The molecule has 6 nitrogen and oxygen atoms in total. The lowest BCUT2D eigenvalue weighted by atomic mass is 10.1. The van der Waals surface area contributed by atoms with E-state index < -0.39 is 0 Å². The zero-order valence-electron chi connectivity index (χ0n) is 14.9. The highest BCUT2D eigenvalue weighted by Crippen LogP contribution is 2.21. The van der Waals surface area contributed by atoms with Gasteiger partial charge in [0.05, 0.1) is 6.20 Å². The first kappa shape index (κ1) is 16.7. The summed E-state index contributed by atoms with van der Waals surface area (Å²) in [6.45, 7) is 6.49. The highest BCUT2D eigenvalue weighted by molar-refractivity contribution is 5.80. The van der Waals surface area contributed by atoms with Crippen molar-refractivity contribution >= 4 is 16.8 Å². The Labute approximate surface area is 152 Å². The van der Waals surface area contributed by atoms with Gasteiger partial charge in [0, 0.05) is 56.6 Å². The van der Waals surface area contributed by atoms with Crippen LogP contribution in [0.2, 0.25) is 0 Å². The Morgan fingerprint density at radius 2 is 1.96 bits per heavy atom. The standard InChI is InChI=1S/C20H22N4O2/c1-2-15-3-4-17-16(12-20(25)26-18(17)11-15)14-23-7-9-24(10-8-23)19-13-21-5-6-22-19/h3-6,11-13H,2,7-10,14H2,1H3. The lowest BCUT2D eigenvalue weighted by molar-refractivity contribution is 0.249. The van der Waals surface area contributed by atoms with Crippen LogP contribution in [0.5, 0.6) is 0 Å². The number of anilines is 1. The molecular weight excluding hydrogens is 328 g/mol. The van der Waals surface area contributed by atoms with Crippen molar-refractivity contribution in [3.63, 3.8) is 0 Å². The average molecular weight is 350 g/mol. The van der Waals surface area contributed by atoms with E-state index >= 15 is 0 Å². The number of benzene rings is 1. The minimum absolute atomic E-state index is 0.279. The first-order valence-electron chi connectivity index (χ1n) is 9.02. The van der Waals surface area contributed by atoms with Crippen LogP contribution in [0.3, 0.4) is 0 Å². The normalized spacial score (nSPS) is 15.5. The van der Waals surface area contributed by atoms with Crippen LogP contribution in [0.4, 0.5) is 5.82 Å². The van der Waals surface area contributed by atoms with E-state index in [-0.39, 0.29) is 5.63 Å². The van der Waals surface area contributed by atoms with Gasteiger partial charge >= 0.3 is 5.63 Å². The summed E-state index contributed by atoms with van der Waals surface area (Å²) in [4.78, 5) is 25.1. The van der Waals surface area contributed by atoms with Crippen molar-refractivity contribution in [2.75, 3.05) is 31.1 Å². The first-order chi connectivity index (χ1) is 12.7. The number of fused-ring (bicyclic) bond motifs is 1. The summed E-state index contributed by atoms with van der Waals surface area (Å²) in [5.74, 6) is 0.921. The topological polar surface area (TPSA) is 62.5 Å². The van der Waals surface area contributed by atoms with Crippen LogP contribution < -0.4 is 10.5 Å². The third-order valence-electron chi connectivity index (χ3n) is 4.94. The zero-order chi connectivity index (χ0) is 17.9. The molecule has 0 N–H and O–H groups in total. The van der Waals surface area contributed by atoms with Gasteiger partial charge in [0.2, 0.25) is 0 Å². The molecule has 3 aromatic rings.